The quantitative estimate of drug-likeness (QED) is 0.939. The standard InChI is InChI=1S/C17H17N3O3/c21-16(13-2-1-3-14(10-13)17(22)23)20-8-5-12(6-9-20)15-4-7-18-11-19-15/h1-4,7,10-12H,5-6,8-9H2,(H,22,23). The molecule has 23 heavy (non-hydrogen) atoms. The molecule has 1 fully saturated rings. The first kappa shape index (κ1) is 15.1. The second-order valence-electron chi connectivity index (χ2n) is 5.59. The molecule has 0 aliphatic carbocycles. The first-order valence-corrected chi connectivity index (χ1v) is 7.53. The Morgan fingerprint density at radius 3 is 2.52 bits per heavy atom. The molecule has 1 N–H and O–H groups in total. The molecule has 2 heterocycles. The van der Waals surface area contributed by atoms with Crippen LogP contribution in [-0.2, 0) is 0 Å². The van der Waals surface area contributed by atoms with Crippen LogP contribution < -0.4 is 0 Å². The molecular weight excluding hydrogens is 294 g/mol. The van der Waals surface area contributed by atoms with E-state index in [-0.39, 0.29) is 11.5 Å². The van der Waals surface area contributed by atoms with Gasteiger partial charge in [0.2, 0.25) is 0 Å². The highest BCUT2D eigenvalue weighted by Gasteiger charge is 2.25. The SMILES string of the molecule is O=C(O)c1cccc(C(=O)N2CCC(c3ccncn3)CC2)c1. The molecule has 6 heteroatoms. The predicted molar refractivity (Wildman–Crippen MR) is 83.3 cm³/mol. The summed E-state index contributed by atoms with van der Waals surface area (Å²) >= 11 is 0. The van der Waals surface area contributed by atoms with Gasteiger partial charge < -0.3 is 10.0 Å². The van der Waals surface area contributed by atoms with E-state index in [0.29, 0.717) is 24.6 Å². The van der Waals surface area contributed by atoms with E-state index >= 15 is 0 Å². The number of benzene rings is 1. The van der Waals surface area contributed by atoms with Gasteiger partial charge in [-0.3, -0.25) is 4.79 Å². The van der Waals surface area contributed by atoms with E-state index < -0.39 is 5.97 Å². The first-order valence-electron chi connectivity index (χ1n) is 7.53. The van der Waals surface area contributed by atoms with Gasteiger partial charge >= 0.3 is 5.97 Å². The lowest BCUT2D eigenvalue weighted by atomic mass is 9.93. The highest BCUT2D eigenvalue weighted by molar-refractivity contribution is 5.97. The van der Waals surface area contributed by atoms with Crippen LogP contribution in [0.5, 0.6) is 0 Å². The molecule has 0 spiro atoms. The first-order chi connectivity index (χ1) is 11.1. The average molecular weight is 311 g/mol. The topological polar surface area (TPSA) is 83.4 Å². The van der Waals surface area contributed by atoms with Crippen molar-refractivity contribution in [2.75, 3.05) is 13.1 Å². The van der Waals surface area contributed by atoms with Crippen molar-refractivity contribution >= 4 is 11.9 Å². The van der Waals surface area contributed by atoms with Gasteiger partial charge in [0.15, 0.2) is 0 Å². The summed E-state index contributed by atoms with van der Waals surface area (Å²) in [5.74, 6) is -0.802. The molecule has 0 bridgehead atoms. The van der Waals surface area contributed by atoms with E-state index in [1.807, 2.05) is 6.07 Å². The molecule has 2 aromatic rings. The monoisotopic (exact) mass is 311 g/mol. The van der Waals surface area contributed by atoms with Gasteiger partial charge in [0.05, 0.1) is 5.56 Å². The lowest BCUT2D eigenvalue weighted by Crippen LogP contribution is -2.38. The molecule has 118 valence electrons. The zero-order valence-electron chi connectivity index (χ0n) is 12.6. The Morgan fingerprint density at radius 2 is 1.87 bits per heavy atom. The maximum absolute atomic E-state index is 12.5. The van der Waals surface area contributed by atoms with Gasteiger partial charge in [0.25, 0.3) is 5.91 Å². The van der Waals surface area contributed by atoms with Crippen LogP contribution in [0.2, 0.25) is 0 Å². The third kappa shape index (κ3) is 3.36. The number of likely N-dealkylation sites (tertiary alicyclic amines) is 1. The summed E-state index contributed by atoms with van der Waals surface area (Å²) in [4.78, 5) is 33.5. The number of carboxylic acids is 1. The molecule has 3 rings (SSSR count). The molecule has 1 aromatic heterocycles. The van der Waals surface area contributed by atoms with E-state index in [1.54, 1.807) is 29.6 Å². The summed E-state index contributed by atoms with van der Waals surface area (Å²) in [6.45, 7) is 1.29. The highest BCUT2D eigenvalue weighted by Crippen LogP contribution is 2.27. The zero-order valence-corrected chi connectivity index (χ0v) is 12.6. The zero-order chi connectivity index (χ0) is 16.2. The molecule has 0 unspecified atom stereocenters. The molecule has 0 saturated carbocycles. The number of carbonyl (C=O) groups excluding carboxylic acids is 1. The maximum Gasteiger partial charge on any atom is 0.335 e. The largest absolute Gasteiger partial charge is 0.478 e. The van der Waals surface area contributed by atoms with Crippen LogP contribution >= 0.6 is 0 Å². The second-order valence-corrected chi connectivity index (χ2v) is 5.59. The van der Waals surface area contributed by atoms with Crippen molar-refractivity contribution < 1.29 is 14.7 Å². The van der Waals surface area contributed by atoms with Crippen LogP contribution in [0.1, 0.15) is 45.2 Å². The van der Waals surface area contributed by atoms with Crippen molar-refractivity contribution in [3.63, 3.8) is 0 Å². The Bertz CT molecular complexity index is 710. The van der Waals surface area contributed by atoms with Gasteiger partial charge in [-0.2, -0.15) is 0 Å². The number of amides is 1. The lowest BCUT2D eigenvalue weighted by molar-refractivity contribution is 0.0697. The number of hydrogen-bond donors (Lipinski definition) is 1. The fourth-order valence-corrected chi connectivity index (χ4v) is 2.89. The summed E-state index contributed by atoms with van der Waals surface area (Å²) < 4.78 is 0. The Hall–Kier alpha value is -2.76. The van der Waals surface area contributed by atoms with E-state index in [0.717, 1.165) is 18.5 Å². The van der Waals surface area contributed by atoms with Crippen molar-refractivity contribution in [3.8, 4) is 0 Å². The molecule has 1 aromatic carbocycles. The van der Waals surface area contributed by atoms with Crippen LogP contribution in [0, 0.1) is 0 Å². The van der Waals surface area contributed by atoms with Crippen LogP contribution in [0.4, 0.5) is 0 Å². The predicted octanol–water partition coefficient (Wildman–Crippen LogP) is 2.19. The van der Waals surface area contributed by atoms with Crippen LogP contribution in [0.15, 0.2) is 42.9 Å². The Kier molecular flexibility index (Phi) is 4.32. The second kappa shape index (κ2) is 6.56. The van der Waals surface area contributed by atoms with E-state index in [1.165, 1.54) is 12.1 Å². The van der Waals surface area contributed by atoms with E-state index in [2.05, 4.69) is 9.97 Å². The molecule has 1 amide bonds. The number of hydrogen-bond acceptors (Lipinski definition) is 4. The summed E-state index contributed by atoms with van der Waals surface area (Å²) in [5, 5.41) is 9.03. The Balaban J connectivity index is 1.66. The van der Waals surface area contributed by atoms with E-state index in [4.69, 9.17) is 5.11 Å². The van der Waals surface area contributed by atoms with Crippen molar-refractivity contribution in [3.05, 3.63) is 59.7 Å². The number of aromatic carboxylic acids is 1. The van der Waals surface area contributed by atoms with Crippen LogP contribution in [-0.4, -0.2) is 44.9 Å². The number of aromatic nitrogens is 2. The number of carbonyl (C=O) groups is 2. The summed E-state index contributed by atoms with van der Waals surface area (Å²) in [5.41, 5.74) is 1.57. The smallest absolute Gasteiger partial charge is 0.335 e. The Morgan fingerprint density at radius 1 is 1.13 bits per heavy atom. The Labute approximate surface area is 133 Å². The summed E-state index contributed by atoms with van der Waals surface area (Å²) in [7, 11) is 0. The molecule has 1 aliphatic heterocycles. The fraction of sp³-hybridized carbons (Fsp3) is 0.294. The number of nitrogens with zero attached hydrogens (tertiary/aromatic N) is 3. The molecule has 1 saturated heterocycles. The van der Waals surface area contributed by atoms with Gasteiger partial charge in [-0.15, -0.1) is 0 Å². The minimum Gasteiger partial charge on any atom is -0.478 e. The van der Waals surface area contributed by atoms with Gasteiger partial charge in [-0.1, -0.05) is 6.07 Å². The van der Waals surface area contributed by atoms with Crippen molar-refractivity contribution in [1.82, 2.24) is 14.9 Å². The van der Waals surface area contributed by atoms with Crippen LogP contribution in [0.3, 0.4) is 0 Å². The number of rotatable bonds is 3. The third-order valence-corrected chi connectivity index (χ3v) is 4.16. The summed E-state index contributed by atoms with van der Waals surface area (Å²) in [6, 6.07) is 8.09. The number of piperidine rings is 1. The minimum atomic E-state index is -1.03. The van der Waals surface area contributed by atoms with Crippen molar-refractivity contribution in [1.29, 1.82) is 0 Å². The van der Waals surface area contributed by atoms with Gasteiger partial charge in [-0.25, -0.2) is 14.8 Å². The molecular formula is C17H17N3O3. The molecule has 1 aliphatic rings. The molecule has 0 atom stereocenters. The fourth-order valence-electron chi connectivity index (χ4n) is 2.89. The van der Waals surface area contributed by atoms with E-state index in [9.17, 15) is 9.59 Å². The maximum atomic E-state index is 12.5. The van der Waals surface area contributed by atoms with Gasteiger partial charge in [0.1, 0.15) is 6.33 Å². The average Bonchev–Trinajstić information content (AvgIpc) is 2.62. The van der Waals surface area contributed by atoms with Crippen molar-refractivity contribution in [2.45, 2.75) is 18.8 Å². The van der Waals surface area contributed by atoms with Crippen LogP contribution in [0.25, 0.3) is 0 Å². The van der Waals surface area contributed by atoms with Gasteiger partial charge in [0, 0.05) is 36.5 Å². The number of carboxylic acid groups (broad SMARTS) is 1. The van der Waals surface area contributed by atoms with Gasteiger partial charge in [-0.05, 0) is 37.1 Å². The minimum absolute atomic E-state index is 0.116. The third-order valence-electron chi connectivity index (χ3n) is 4.16. The highest BCUT2D eigenvalue weighted by atomic mass is 16.4. The molecule has 0 radical (unpaired) electrons. The lowest BCUT2D eigenvalue weighted by Gasteiger charge is -2.31. The summed E-state index contributed by atoms with van der Waals surface area (Å²) in [6.07, 6.45) is 4.98. The molecule has 6 nitrogen and oxygen atoms in total. The normalized spacial score (nSPS) is 15.4. The van der Waals surface area contributed by atoms with Crippen molar-refractivity contribution in [2.24, 2.45) is 0 Å².